The van der Waals surface area contributed by atoms with E-state index in [1.165, 1.54) is 10.8 Å². The van der Waals surface area contributed by atoms with Crippen LogP contribution in [-0.4, -0.2) is 4.43 Å². The van der Waals surface area contributed by atoms with Crippen molar-refractivity contribution in [2.45, 2.75) is 13.3 Å². The van der Waals surface area contributed by atoms with E-state index < -0.39 is 0 Å². The van der Waals surface area contributed by atoms with Gasteiger partial charge in [-0.1, -0.05) is 0 Å². The predicted molar refractivity (Wildman–Crippen MR) is 24.1 cm³/mol. The van der Waals surface area contributed by atoms with Crippen molar-refractivity contribution in [3.05, 3.63) is 0 Å². The van der Waals surface area contributed by atoms with Gasteiger partial charge in [0, 0.05) is 0 Å². The molecule has 0 aromatic carbocycles. The Labute approximate surface area is 49.3 Å². The topological polar surface area (TPSA) is 0 Å². The van der Waals surface area contributed by atoms with Crippen LogP contribution in [0.2, 0.25) is 0 Å². The summed E-state index contributed by atoms with van der Waals surface area (Å²) in [5.74, 6) is 0. The van der Waals surface area contributed by atoms with Crippen molar-refractivity contribution in [3.63, 3.8) is 0 Å². The van der Waals surface area contributed by atoms with Crippen molar-refractivity contribution in [2.24, 2.45) is 0 Å². The third-order valence-electron chi connectivity index (χ3n) is 0.260. The predicted octanol–water partition coefficient (Wildman–Crippen LogP) is -1.20. The fourth-order valence-corrected chi connectivity index (χ4v) is 2.49. The van der Waals surface area contributed by atoms with E-state index in [0.717, 1.165) is 0 Å². The van der Waals surface area contributed by atoms with E-state index in [4.69, 9.17) is 0 Å². The standard InChI is InChI=1S/C3H7BrI/c1-2-3-5-4/h2-3H2,1H3/q-1. The third kappa shape index (κ3) is 5.21. The number of rotatable bonds is 2. The Bertz CT molecular complexity index is 14.4. The van der Waals surface area contributed by atoms with Gasteiger partial charge in [-0.25, -0.2) is 0 Å². The first-order valence-corrected chi connectivity index (χ1v) is 7.98. The molecule has 0 fully saturated rings. The number of hydrogen-bond donors (Lipinski definition) is 0. The second kappa shape index (κ2) is 5.21. The number of hydrogen-bond acceptors (Lipinski definition) is 0. The molecule has 2 heteroatoms. The van der Waals surface area contributed by atoms with Crippen LogP contribution >= 0.6 is 12.7 Å². The Morgan fingerprint density at radius 2 is 2.40 bits per heavy atom. The second-order valence-corrected chi connectivity index (χ2v) is 5.29. The van der Waals surface area contributed by atoms with E-state index in [9.17, 15) is 0 Å². The quantitative estimate of drug-likeness (QED) is 0.426. The minimum absolute atomic E-state index is 0.420. The van der Waals surface area contributed by atoms with Gasteiger partial charge in [-0.3, -0.25) is 0 Å². The van der Waals surface area contributed by atoms with Crippen LogP contribution in [0, 0.1) is 0 Å². The van der Waals surface area contributed by atoms with Crippen LogP contribution in [0.3, 0.4) is 0 Å². The van der Waals surface area contributed by atoms with Crippen molar-refractivity contribution in [1.29, 1.82) is 0 Å². The molecule has 0 aromatic heterocycles. The average Bonchev–Trinajstić information content (AvgIpc) is 1.41. The molecule has 0 aliphatic carbocycles. The van der Waals surface area contributed by atoms with Crippen LogP contribution < -0.4 is 19.0 Å². The molecule has 0 nitrogen and oxygen atoms in total. The maximum atomic E-state index is 3.42. The van der Waals surface area contributed by atoms with Gasteiger partial charge in [0.2, 0.25) is 0 Å². The molecule has 0 heterocycles. The molecule has 0 aromatic rings. The van der Waals surface area contributed by atoms with Crippen molar-refractivity contribution in [1.82, 2.24) is 0 Å². The molecular weight excluding hydrogens is 243 g/mol. The van der Waals surface area contributed by atoms with Crippen molar-refractivity contribution in [2.75, 3.05) is 4.43 Å². The first-order valence-electron chi connectivity index (χ1n) is 1.62. The maximum absolute atomic E-state index is 3.42. The van der Waals surface area contributed by atoms with E-state index in [0.29, 0.717) is 19.0 Å². The summed E-state index contributed by atoms with van der Waals surface area (Å²) < 4.78 is 1.42. The summed E-state index contributed by atoms with van der Waals surface area (Å²) in [4.78, 5) is 0. The van der Waals surface area contributed by atoms with Gasteiger partial charge < -0.3 is 0 Å². The Balaban J connectivity index is 2.19. The molecule has 0 radical (unpaired) electrons. The monoisotopic (exact) mass is 249 g/mol. The van der Waals surface area contributed by atoms with Crippen molar-refractivity contribution >= 4 is 12.7 Å². The van der Waals surface area contributed by atoms with Gasteiger partial charge in [-0.05, 0) is 0 Å². The molecule has 0 atom stereocenters. The summed E-state index contributed by atoms with van der Waals surface area (Å²) in [7, 11) is 0. The minimum atomic E-state index is 0.420. The SMILES string of the molecule is CCC[I-]Br. The molecule has 0 bridgehead atoms. The summed E-state index contributed by atoms with van der Waals surface area (Å²) in [6.45, 7) is 2.21. The first kappa shape index (κ1) is 6.21. The van der Waals surface area contributed by atoms with Crippen molar-refractivity contribution in [3.8, 4) is 0 Å². The summed E-state index contributed by atoms with van der Waals surface area (Å²) in [5, 5.41) is 0. The van der Waals surface area contributed by atoms with Gasteiger partial charge in [-0.15, -0.1) is 0 Å². The Morgan fingerprint density at radius 3 is 2.40 bits per heavy atom. The fraction of sp³-hybridized carbons (Fsp3) is 1.00. The van der Waals surface area contributed by atoms with Gasteiger partial charge in [-0.2, -0.15) is 0 Å². The van der Waals surface area contributed by atoms with E-state index in [-0.39, 0.29) is 0 Å². The normalized spacial score (nSPS) is 9.20. The molecular formula is C3H7BrI-. The Kier molecular flexibility index (Phi) is 6.47. The second-order valence-electron chi connectivity index (χ2n) is 0.790. The third-order valence-corrected chi connectivity index (χ3v) is 3.76. The van der Waals surface area contributed by atoms with Crippen LogP contribution in [0.25, 0.3) is 0 Å². The molecule has 0 spiro atoms. The summed E-state index contributed by atoms with van der Waals surface area (Å²) in [5.41, 5.74) is 0. The van der Waals surface area contributed by atoms with Crippen LogP contribution in [0.5, 0.6) is 0 Å². The average molecular weight is 250 g/mol. The van der Waals surface area contributed by atoms with Gasteiger partial charge in [0.15, 0.2) is 0 Å². The summed E-state index contributed by atoms with van der Waals surface area (Å²) >= 11 is 3.84. The molecule has 0 aliphatic heterocycles. The van der Waals surface area contributed by atoms with E-state index >= 15 is 0 Å². The zero-order chi connectivity index (χ0) is 4.12. The number of halogens is 2. The molecule has 0 saturated carbocycles. The Hall–Kier alpha value is 1.21. The van der Waals surface area contributed by atoms with Crippen LogP contribution in [0.15, 0.2) is 0 Å². The van der Waals surface area contributed by atoms with E-state index in [2.05, 4.69) is 19.6 Å². The van der Waals surface area contributed by atoms with Crippen molar-refractivity contribution < 1.29 is 19.0 Å². The fourth-order valence-electron chi connectivity index (χ4n) is 0.0714. The molecule has 34 valence electrons. The van der Waals surface area contributed by atoms with Crippen LogP contribution in [0.1, 0.15) is 13.3 Å². The molecule has 0 unspecified atom stereocenters. The van der Waals surface area contributed by atoms with E-state index in [1.54, 1.807) is 0 Å². The molecule has 0 amide bonds. The molecule has 0 rings (SSSR count). The Morgan fingerprint density at radius 1 is 1.80 bits per heavy atom. The number of alkyl halides is 1. The first-order chi connectivity index (χ1) is 2.41. The molecule has 0 aliphatic rings. The van der Waals surface area contributed by atoms with Gasteiger partial charge in [0.1, 0.15) is 0 Å². The van der Waals surface area contributed by atoms with Gasteiger partial charge in [0.25, 0.3) is 0 Å². The van der Waals surface area contributed by atoms with Gasteiger partial charge in [0.05, 0.1) is 0 Å². The van der Waals surface area contributed by atoms with Crippen LogP contribution in [0.4, 0.5) is 0 Å². The summed E-state index contributed by atoms with van der Waals surface area (Å²) in [6, 6.07) is 0. The molecule has 0 saturated heterocycles. The zero-order valence-corrected chi connectivity index (χ0v) is 6.91. The molecule has 0 N–H and O–H groups in total. The van der Waals surface area contributed by atoms with Crippen LogP contribution in [-0.2, 0) is 0 Å². The summed E-state index contributed by atoms with van der Waals surface area (Å²) in [6.07, 6.45) is 1.35. The molecule has 5 heavy (non-hydrogen) atoms. The zero-order valence-electron chi connectivity index (χ0n) is 3.17. The van der Waals surface area contributed by atoms with Gasteiger partial charge >= 0.3 is 49.4 Å². The van der Waals surface area contributed by atoms with E-state index in [1.807, 2.05) is 0 Å².